The van der Waals surface area contributed by atoms with Crippen molar-refractivity contribution in [3.63, 3.8) is 0 Å². The second kappa shape index (κ2) is 5.84. The van der Waals surface area contributed by atoms with Crippen LogP contribution in [-0.2, 0) is 6.54 Å². The number of aryl methyl sites for hydroxylation is 1. The van der Waals surface area contributed by atoms with Crippen molar-refractivity contribution in [2.45, 2.75) is 33.2 Å². The van der Waals surface area contributed by atoms with Crippen molar-refractivity contribution in [1.29, 1.82) is 0 Å². The highest BCUT2D eigenvalue weighted by molar-refractivity contribution is 7.13. The van der Waals surface area contributed by atoms with Crippen molar-refractivity contribution >= 4 is 22.9 Å². The van der Waals surface area contributed by atoms with Gasteiger partial charge in [0.15, 0.2) is 5.65 Å². The third-order valence-corrected chi connectivity index (χ3v) is 4.76. The van der Waals surface area contributed by atoms with Gasteiger partial charge < -0.3 is 5.32 Å². The molecule has 0 saturated carbocycles. The maximum atomic E-state index is 12.3. The molecule has 3 rings (SSSR count). The van der Waals surface area contributed by atoms with Gasteiger partial charge in [0.2, 0.25) is 0 Å². The van der Waals surface area contributed by atoms with Gasteiger partial charge in [0.25, 0.3) is 5.91 Å². The first-order valence-electron chi connectivity index (χ1n) is 7.09. The summed E-state index contributed by atoms with van der Waals surface area (Å²) in [5, 5.41) is 8.12. The van der Waals surface area contributed by atoms with Gasteiger partial charge in [-0.05, 0) is 13.0 Å². The molecule has 3 heterocycles. The molecule has 1 N–H and O–H groups in total. The molecule has 3 aromatic rings. The van der Waals surface area contributed by atoms with E-state index in [9.17, 15) is 4.79 Å². The number of aromatic nitrogens is 4. The van der Waals surface area contributed by atoms with E-state index >= 15 is 0 Å². The molecular formula is C15H17N5OS. The van der Waals surface area contributed by atoms with Crippen LogP contribution in [0.1, 0.15) is 45.7 Å². The van der Waals surface area contributed by atoms with Crippen LogP contribution in [0.5, 0.6) is 0 Å². The molecule has 0 atom stereocenters. The molecule has 0 aliphatic heterocycles. The van der Waals surface area contributed by atoms with Gasteiger partial charge in [-0.1, -0.05) is 13.8 Å². The van der Waals surface area contributed by atoms with E-state index in [-0.39, 0.29) is 5.91 Å². The lowest BCUT2D eigenvalue weighted by molar-refractivity contribution is 0.0954. The monoisotopic (exact) mass is 315 g/mol. The molecule has 0 unspecified atom stereocenters. The molecule has 114 valence electrons. The van der Waals surface area contributed by atoms with Crippen molar-refractivity contribution in [2.24, 2.45) is 0 Å². The summed E-state index contributed by atoms with van der Waals surface area (Å²) in [6.07, 6.45) is 5.27. The van der Waals surface area contributed by atoms with Gasteiger partial charge in [0.05, 0.1) is 16.9 Å². The SMILES string of the molecule is Cc1nc(C(C)C)sc1C(=O)NCc1cnn2cccnc12. The predicted molar refractivity (Wildman–Crippen MR) is 85.1 cm³/mol. The Kier molecular flexibility index (Phi) is 3.89. The quantitative estimate of drug-likeness (QED) is 0.803. The first-order valence-corrected chi connectivity index (χ1v) is 7.90. The Labute approximate surface area is 132 Å². The van der Waals surface area contributed by atoms with Gasteiger partial charge in [-0.3, -0.25) is 4.79 Å². The molecule has 0 radical (unpaired) electrons. The Morgan fingerprint density at radius 3 is 3.00 bits per heavy atom. The van der Waals surface area contributed by atoms with Crippen LogP contribution in [0.25, 0.3) is 5.65 Å². The Balaban J connectivity index is 1.75. The van der Waals surface area contributed by atoms with Crippen LogP contribution < -0.4 is 5.32 Å². The van der Waals surface area contributed by atoms with Gasteiger partial charge in [-0.15, -0.1) is 11.3 Å². The number of hydrogen-bond donors (Lipinski definition) is 1. The van der Waals surface area contributed by atoms with E-state index in [2.05, 4.69) is 34.2 Å². The summed E-state index contributed by atoms with van der Waals surface area (Å²) < 4.78 is 1.69. The lowest BCUT2D eigenvalue weighted by Crippen LogP contribution is -2.22. The Bertz CT molecular complexity index is 820. The number of nitrogens with one attached hydrogen (secondary N) is 1. The number of carbonyl (C=O) groups is 1. The summed E-state index contributed by atoms with van der Waals surface area (Å²) in [6.45, 7) is 6.41. The average Bonchev–Trinajstić information content (AvgIpc) is 3.08. The van der Waals surface area contributed by atoms with Gasteiger partial charge in [-0.2, -0.15) is 5.10 Å². The molecule has 0 fully saturated rings. The highest BCUT2D eigenvalue weighted by Crippen LogP contribution is 2.24. The Morgan fingerprint density at radius 2 is 2.27 bits per heavy atom. The number of carbonyl (C=O) groups excluding carboxylic acids is 1. The normalized spacial score (nSPS) is 11.3. The van der Waals surface area contributed by atoms with Crippen LogP contribution in [0.2, 0.25) is 0 Å². The number of hydrogen-bond acceptors (Lipinski definition) is 5. The summed E-state index contributed by atoms with van der Waals surface area (Å²) in [5.41, 5.74) is 2.43. The predicted octanol–water partition coefficient (Wildman–Crippen LogP) is 2.55. The van der Waals surface area contributed by atoms with Gasteiger partial charge in [-0.25, -0.2) is 14.5 Å². The lowest BCUT2D eigenvalue weighted by Gasteiger charge is -2.02. The molecule has 0 saturated heterocycles. The number of nitrogens with zero attached hydrogens (tertiary/aromatic N) is 4. The zero-order valence-corrected chi connectivity index (χ0v) is 13.5. The van der Waals surface area contributed by atoms with Crippen LogP contribution in [0, 0.1) is 6.92 Å². The molecule has 0 aromatic carbocycles. The highest BCUT2D eigenvalue weighted by Gasteiger charge is 2.17. The Hall–Kier alpha value is -2.28. The lowest BCUT2D eigenvalue weighted by atomic mass is 10.2. The molecule has 0 bridgehead atoms. The summed E-state index contributed by atoms with van der Waals surface area (Å²) in [7, 11) is 0. The van der Waals surface area contributed by atoms with Gasteiger partial charge in [0, 0.05) is 30.4 Å². The van der Waals surface area contributed by atoms with Crippen LogP contribution in [0.4, 0.5) is 0 Å². The van der Waals surface area contributed by atoms with E-state index < -0.39 is 0 Å². The molecule has 22 heavy (non-hydrogen) atoms. The minimum absolute atomic E-state index is 0.0998. The van der Waals surface area contributed by atoms with Crippen molar-refractivity contribution < 1.29 is 4.79 Å². The fourth-order valence-corrected chi connectivity index (χ4v) is 3.12. The first-order chi connectivity index (χ1) is 10.6. The van der Waals surface area contributed by atoms with Crippen molar-refractivity contribution in [2.75, 3.05) is 0 Å². The summed E-state index contributed by atoms with van der Waals surface area (Å²) >= 11 is 1.46. The second-order valence-electron chi connectivity index (χ2n) is 5.36. The number of thiazole rings is 1. The number of amides is 1. The summed E-state index contributed by atoms with van der Waals surface area (Å²) in [6, 6.07) is 1.82. The van der Waals surface area contributed by atoms with Crippen LogP contribution in [0.3, 0.4) is 0 Å². The molecule has 0 aliphatic carbocycles. The van der Waals surface area contributed by atoms with E-state index in [1.165, 1.54) is 11.3 Å². The first kappa shape index (κ1) is 14.6. The zero-order chi connectivity index (χ0) is 15.7. The van der Waals surface area contributed by atoms with E-state index in [1.54, 1.807) is 16.9 Å². The minimum atomic E-state index is -0.0998. The molecule has 3 aromatic heterocycles. The fourth-order valence-electron chi connectivity index (χ4n) is 2.13. The summed E-state index contributed by atoms with van der Waals surface area (Å²) in [4.78, 5) is 21.7. The molecule has 0 aliphatic rings. The zero-order valence-electron chi connectivity index (χ0n) is 12.7. The summed E-state index contributed by atoms with van der Waals surface area (Å²) in [5.74, 6) is 0.228. The fraction of sp³-hybridized carbons (Fsp3) is 0.333. The maximum Gasteiger partial charge on any atom is 0.263 e. The smallest absolute Gasteiger partial charge is 0.263 e. The third kappa shape index (κ3) is 2.71. The standard InChI is InChI=1S/C15H17N5OS/c1-9(2)15-19-10(3)12(22-15)14(21)17-7-11-8-18-20-6-4-5-16-13(11)20/h4-6,8-9H,7H2,1-3H3,(H,17,21). The van der Waals surface area contributed by atoms with E-state index in [0.29, 0.717) is 17.3 Å². The van der Waals surface area contributed by atoms with E-state index in [0.717, 1.165) is 21.9 Å². The van der Waals surface area contributed by atoms with Crippen molar-refractivity contribution in [3.8, 4) is 0 Å². The van der Waals surface area contributed by atoms with Crippen molar-refractivity contribution in [3.05, 3.63) is 45.8 Å². The van der Waals surface area contributed by atoms with Crippen molar-refractivity contribution in [1.82, 2.24) is 24.9 Å². The molecule has 1 amide bonds. The van der Waals surface area contributed by atoms with Gasteiger partial charge in [0.1, 0.15) is 4.88 Å². The minimum Gasteiger partial charge on any atom is -0.347 e. The molecular weight excluding hydrogens is 298 g/mol. The molecule has 0 spiro atoms. The van der Waals surface area contributed by atoms with Crippen LogP contribution >= 0.6 is 11.3 Å². The van der Waals surface area contributed by atoms with Gasteiger partial charge >= 0.3 is 0 Å². The average molecular weight is 315 g/mol. The highest BCUT2D eigenvalue weighted by atomic mass is 32.1. The van der Waals surface area contributed by atoms with Crippen LogP contribution in [-0.4, -0.2) is 25.5 Å². The van der Waals surface area contributed by atoms with E-state index in [4.69, 9.17) is 0 Å². The number of rotatable bonds is 4. The molecule has 7 heteroatoms. The topological polar surface area (TPSA) is 72.2 Å². The number of fused-ring (bicyclic) bond motifs is 1. The Morgan fingerprint density at radius 1 is 1.45 bits per heavy atom. The third-order valence-electron chi connectivity index (χ3n) is 3.31. The van der Waals surface area contributed by atoms with E-state index in [1.807, 2.05) is 19.2 Å². The maximum absolute atomic E-state index is 12.3. The second-order valence-corrected chi connectivity index (χ2v) is 6.39. The largest absolute Gasteiger partial charge is 0.347 e. The molecule has 6 nitrogen and oxygen atoms in total. The van der Waals surface area contributed by atoms with Crippen LogP contribution in [0.15, 0.2) is 24.7 Å².